The topological polar surface area (TPSA) is 12.5 Å². The summed E-state index contributed by atoms with van der Waals surface area (Å²) in [4.78, 5) is 2.45. The number of benzene rings is 2. The van der Waals surface area contributed by atoms with Crippen LogP contribution in [0.25, 0.3) is 12.2 Å². The van der Waals surface area contributed by atoms with Gasteiger partial charge in [0.05, 0.1) is 6.10 Å². The van der Waals surface area contributed by atoms with Crippen molar-refractivity contribution in [1.29, 1.82) is 0 Å². The molecular formula is C23H27NO. The van der Waals surface area contributed by atoms with Crippen LogP contribution in [0.15, 0.2) is 72.8 Å². The molecule has 0 radical (unpaired) electrons. The van der Waals surface area contributed by atoms with Crippen molar-refractivity contribution >= 4 is 12.2 Å². The molecule has 1 saturated heterocycles. The van der Waals surface area contributed by atoms with Gasteiger partial charge in [0, 0.05) is 26.2 Å². The van der Waals surface area contributed by atoms with Crippen LogP contribution in [0.5, 0.6) is 0 Å². The molecule has 1 heterocycles. The monoisotopic (exact) mass is 333 g/mol. The van der Waals surface area contributed by atoms with Crippen molar-refractivity contribution in [2.24, 2.45) is 0 Å². The molecule has 2 heteroatoms. The van der Waals surface area contributed by atoms with Gasteiger partial charge in [0.25, 0.3) is 0 Å². The minimum Gasteiger partial charge on any atom is -0.377 e. The highest BCUT2D eigenvalue weighted by atomic mass is 16.5. The highest BCUT2D eigenvalue weighted by Crippen LogP contribution is 2.14. The summed E-state index contributed by atoms with van der Waals surface area (Å²) in [5.41, 5.74) is 2.50. The average molecular weight is 333 g/mol. The first kappa shape index (κ1) is 17.7. The predicted octanol–water partition coefficient (Wildman–Crippen LogP) is 4.89. The summed E-state index contributed by atoms with van der Waals surface area (Å²) in [6.07, 6.45) is 11.7. The van der Waals surface area contributed by atoms with Crippen LogP contribution in [0.1, 0.15) is 24.0 Å². The van der Waals surface area contributed by atoms with E-state index in [4.69, 9.17) is 4.74 Å². The van der Waals surface area contributed by atoms with Crippen LogP contribution in [-0.2, 0) is 4.74 Å². The van der Waals surface area contributed by atoms with E-state index in [0.717, 1.165) is 26.2 Å². The smallest absolute Gasteiger partial charge is 0.0703 e. The summed E-state index contributed by atoms with van der Waals surface area (Å²) < 4.78 is 5.82. The molecule has 2 aromatic rings. The molecule has 2 aromatic carbocycles. The maximum atomic E-state index is 5.82. The third kappa shape index (κ3) is 6.33. The number of ether oxygens (including phenoxy) is 1. The van der Waals surface area contributed by atoms with Crippen LogP contribution in [0.4, 0.5) is 0 Å². The van der Waals surface area contributed by atoms with Gasteiger partial charge in [0.2, 0.25) is 0 Å². The van der Waals surface area contributed by atoms with E-state index >= 15 is 0 Å². The third-order valence-electron chi connectivity index (χ3n) is 4.43. The first-order valence-corrected chi connectivity index (χ1v) is 9.17. The maximum absolute atomic E-state index is 5.82. The van der Waals surface area contributed by atoms with E-state index in [1.54, 1.807) is 0 Å². The second-order valence-electron chi connectivity index (χ2n) is 6.48. The van der Waals surface area contributed by atoms with E-state index in [1.165, 1.54) is 24.0 Å². The Morgan fingerprint density at radius 3 is 1.88 bits per heavy atom. The molecule has 1 aliphatic rings. The van der Waals surface area contributed by atoms with Crippen molar-refractivity contribution in [2.45, 2.75) is 18.9 Å². The molecular weight excluding hydrogens is 306 g/mol. The van der Waals surface area contributed by atoms with Gasteiger partial charge < -0.3 is 4.74 Å². The minimum atomic E-state index is 0.384. The first-order chi connectivity index (χ1) is 12.4. The van der Waals surface area contributed by atoms with Gasteiger partial charge in [-0.05, 0) is 24.0 Å². The zero-order valence-corrected chi connectivity index (χ0v) is 14.8. The van der Waals surface area contributed by atoms with Crippen molar-refractivity contribution in [2.75, 3.05) is 26.2 Å². The van der Waals surface area contributed by atoms with Gasteiger partial charge in [-0.1, -0.05) is 85.0 Å². The molecule has 0 N–H and O–H groups in total. The van der Waals surface area contributed by atoms with E-state index in [2.05, 4.69) is 89.9 Å². The standard InChI is InChI=1S/C23H27NO/c1-3-10-21(11-4-1)14-7-17-24(20-23-16-9-19-25-23)18-8-15-22-12-5-2-6-13-22/h1-8,10-15,23H,9,16-20H2. The largest absolute Gasteiger partial charge is 0.377 e. The summed E-state index contributed by atoms with van der Waals surface area (Å²) in [5, 5.41) is 0. The Kier molecular flexibility index (Phi) is 7.04. The second-order valence-corrected chi connectivity index (χ2v) is 6.48. The molecule has 1 aliphatic heterocycles. The Labute approximate surface area is 151 Å². The summed E-state index contributed by atoms with van der Waals surface area (Å²) in [6, 6.07) is 20.9. The Bertz CT molecular complexity index is 606. The molecule has 3 rings (SSSR count). The van der Waals surface area contributed by atoms with Crippen LogP contribution >= 0.6 is 0 Å². The Morgan fingerprint density at radius 2 is 1.40 bits per heavy atom. The molecule has 1 fully saturated rings. The number of rotatable bonds is 8. The molecule has 130 valence electrons. The van der Waals surface area contributed by atoms with E-state index in [0.29, 0.717) is 6.10 Å². The Balaban J connectivity index is 1.56. The molecule has 25 heavy (non-hydrogen) atoms. The quantitative estimate of drug-likeness (QED) is 0.682. The van der Waals surface area contributed by atoms with Gasteiger partial charge in [0.15, 0.2) is 0 Å². The highest BCUT2D eigenvalue weighted by Gasteiger charge is 2.17. The first-order valence-electron chi connectivity index (χ1n) is 9.17. The Hall–Kier alpha value is -2.16. The third-order valence-corrected chi connectivity index (χ3v) is 4.43. The van der Waals surface area contributed by atoms with Crippen molar-refractivity contribution in [3.8, 4) is 0 Å². The molecule has 2 nitrogen and oxygen atoms in total. The molecule has 0 saturated carbocycles. The van der Waals surface area contributed by atoms with E-state index in [-0.39, 0.29) is 0 Å². The molecule has 0 aromatic heterocycles. The lowest BCUT2D eigenvalue weighted by molar-refractivity contribution is 0.0804. The van der Waals surface area contributed by atoms with Gasteiger partial charge >= 0.3 is 0 Å². The van der Waals surface area contributed by atoms with Crippen LogP contribution < -0.4 is 0 Å². The summed E-state index contributed by atoms with van der Waals surface area (Å²) >= 11 is 0. The summed E-state index contributed by atoms with van der Waals surface area (Å²) in [5.74, 6) is 0. The van der Waals surface area contributed by atoms with Crippen LogP contribution in [0.2, 0.25) is 0 Å². The van der Waals surface area contributed by atoms with E-state index in [1.807, 2.05) is 0 Å². The molecule has 0 aliphatic carbocycles. The highest BCUT2D eigenvalue weighted by molar-refractivity contribution is 5.49. The van der Waals surface area contributed by atoms with Gasteiger partial charge in [-0.2, -0.15) is 0 Å². The molecule has 0 amide bonds. The van der Waals surface area contributed by atoms with Crippen molar-refractivity contribution in [3.05, 3.63) is 83.9 Å². The van der Waals surface area contributed by atoms with Crippen molar-refractivity contribution < 1.29 is 4.74 Å². The Morgan fingerprint density at radius 1 is 0.840 bits per heavy atom. The van der Waals surface area contributed by atoms with Gasteiger partial charge in [0.1, 0.15) is 0 Å². The molecule has 1 atom stereocenters. The van der Waals surface area contributed by atoms with Gasteiger partial charge in [-0.15, -0.1) is 0 Å². The van der Waals surface area contributed by atoms with E-state index < -0.39 is 0 Å². The maximum Gasteiger partial charge on any atom is 0.0703 e. The van der Waals surface area contributed by atoms with Crippen molar-refractivity contribution in [3.63, 3.8) is 0 Å². The summed E-state index contributed by atoms with van der Waals surface area (Å²) in [6.45, 7) is 3.79. The SMILES string of the molecule is C(=Cc1ccccc1)CN(CC=Cc1ccccc1)CC1CCCO1. The lowest BCUT2D eigenvalue weighted by Crippen LogP contribution is -2.32. The fourth-order valence-corrected chi connectivity index (χ4v) is 3.10. The number of hydrogen-bond donors (Lipinski definition) is 0. The number of nitrogens with zero attached hydrogens (tertiary/aromatic N) is 1. The fourth-order valence-electron chi connectivity index (χ4n) is 3.10. The normalized spacial score (nSPS) is 17.9. The molecule has 0 spiro atoms. The zero-order valence-electron chi connectivity index (χ0n) is 14.8. The molecule has 0 bridgehead atoms. The van der Waals surface area contributed by atoms with Crippen LogP contribution in [0.3, 0.4) is 0 Å². The number of hydrogen-bond acceptors (Lipinski definition) is 2. The molecule has 1 unspecified atom stereocenters. The fraction of sp³-hybridized carbons (Fsp3) is 0.304. The lowest BCUT2D eigenvalue weighted by atomic mass is 10.2. The van der Waals surface area contributed by atoms with Gasteiger partial charge in [-0.3, -0.25) is 4.90 Å². The van der Waals surface area contributed by atoms with Crippen molar-refractivity contribution in [1.82, 2.24) is 4.90 Å². The zero-order chi connectivity index (χ0) is 17.2. The van der Waals surface area contributed by atoms with E-state index in [9.17, 15) is 0 Å². The lowest BCUT2D eigenvalue weighted by Gasteiger charge is -2.22. The predicted molar refractivity (Wildman–Crippen MR) is 106 cm³/mol. The van der Waals surface area contributed by atoms with Crippen LogP contribution in [0, 0.1) is 0 Å². The second kappa shape index (κ2) is 9.97. The summed E-state index contributed by atoms with van der Waals surface area (Å²) in [7, 11) is 0. The van der Waals surface area contributed by atoms with Gasteiger partial charge in [-0.25, -0.2) is 0 Å². The average Bonchev–Trinajstić information content (AvgIpc) is 3.16. The van der Waals surface area contributed by atoms with Crippen LogP contribution in [-0.4, -0.2) is 37.2 Å². The minimum absolute atomic E-state index is 0.384.